The van der Waals surface area contributed by atoms with Crippen LogP contribution in [0.3, 0.4) is 0 Å². The van der Waals surface area contributed by atoms with E-state index < -0.39 is 12.1 Å². The predicted octanol–water partition coefficient (Wildman–Crippen LogP) is 0.231. The Hall–Kier alpha value is -1.06. The number of rotatable bonds is 0. The average Bonchev–Trinajstić information content (AvgIpc) is 1.63. The van der Waals surface area contributed by atoms with Gasteiger partial charge in [-0.25, -0.2) is 4.79 Å². The number of hydrogen-bond donors (Lipinski definition) is 0. The number of carbonyl (C=O) groups is 2. The molecule has 1 amide bonds. The van der Waals surface area contributed by atoms with Gasteiger partial charge in [0.05, 0.1) is 0 Å². The molecular formula is C5H9NO3. The van der Waals surface area contributed by atoms with E-state index in [2.05, 4.69) is 4.74 Å². The molecule has 52 valence electrons. The predicted molar refractivity (Wildman–Crippen MR) is 30.8 cm³/mol. The molecule has 0 unspecified atom stereocenters. The zero-order valence-electron chi connectivity index (χ0n) is 5.67. The van der Waals surface area contributed by atoms with Crippen LogP contribution in [0, 0.1) is 0 Å². The summed E-state index contributed by atoms with van der Waals surface area (Å²) < 4.78 is 4.16. The van der Waals surface area contributed by atoms with Crippen LogP contribution in [0.15, 0.2) is 0 Å². The van der Waals surface area contributed by atoms with Crippen molar-refractivity contribution in [2.24, 2.45) is 0 Å². The third kappa shape index (κ3) is 3.52. The molecule has 0 aliphatic heterocycles. The Kier molecular flexibility index (Phi) is 2.70. The Bertz CT molecular complexity index is 130. The minimum atomic E-state index is -0.637. The highest BCUT2D eigenvalue weighted by atomic mass is 16.6. The monoisotopic (exact) mass is 131 g/mol. The van der Waals surface area contributed by atoms with E-state index in [-0.39, 0.29) is 0 Å². The van der Waals surface area contributed by atoms with E-state index >= 15 is 0 Å². The SMILES string of the molecule is CC(=O)OC(=O)N(C)C. The lowest BCUT2D eigenvalue weighted by Crippen LogP contribution is -2.24. The van der Waals surface area contributed by atoms with Crippen LogP contribution < -0.4 is 0 Å². The number of nitrogens with zero attached hydrogens (tertiary/aromatic N) is 1. The van der Waals surface area contributed by atoms with Crippen LogP contribution in [0.5, 0.6) is 0 Å². The molecule has 0 aliphatic carbocycles. The number of hydrogen-bond acceptors (Lipinski definition) is 3. The summed E-state index contributed by atoms with van der Waals surface area (Å²) in [6, 6.07) is 0. The van der Waals surface area contributed by atoms with Crippen molar-refractivity contribution in [3.8, 4) is 0 Å². The van der Waals surface area contributed by atoms with Crippen molar-refractivity contribution in [2.45, 2.75) is 6.92 Å². The summed E-state index contributed by atoms with van der Waals surface area (Å²) in [5.41, 5.74) is 0. The second kappa shape index (κ2) is 3.06. The van der Waals surface area contributed by atoms with E-state index in [1.54, 1.807) is 0 Å². The standard InChI is InChI=1S/C5H9NO3/c1-4(7)9-5(8)6(2)3/h1-3H3. The fourth-order valence-corrected chi connectivity index (χ4v) is 0.214. The van der Waals surface area contributed by atoms with Gasteiger partial charge in [0.15, 0.2) is 0 Å². The molecule has 4 heteroatoms. The average molecular weight is 131 g/mol. The Morgan fingerprint density at radius 1 is 1.33 bits per heavy atom. The van der Waals surface area contributed by atoms with E-state index in [0.717, 1.165) is 0 Å². The Morgan fingerprint density at radius 3 is 1.89 bits per heavy atom. The summed E-state index contributed by atoms with van der Waals surface area (Å²) in [7, 11) is 3.01. The number of amides is 1. The van der Waals surface area contributed by atoms with Crippen LogP contribution in [0.4, 0.5) is 4.79 Å². The smallest absolute Gasteiger partial charge is 0.376 e. The summed E-state index contributed by atoms with van der Waals surface area (Å²) in [4.78, 5) is 21.7. The van der Waals surface area contributed by atoms with Crippen LogP contribution >= 0.6 is 0 Å². The maximum Gasteiger partial charge on any atom is 0.416 e. The molecule has 0 saturated heterocycles. The zero-order chi connectivity index (χ0) is 7.44. The summed E-state index contributed by atoms with van der Waals surface area (Å²) in [5.74, 6) is -0.589. The second-order valence-electron chi connectivity index (χ2n) is 1.75. The van der Waals surface area contributed by atoms with Crippen molar-refractivity contribution in [1.82, 2.24) is 4.90 Å². The van der Waals surface area contributed by atoms with Crippen molar-refractivity contribution in [1.29, 1.82) is 0 Å². The molecule has 0 N–H and O–H groups in total. The first-order valence-corrected chi connectivity index (χ1v) is 2.43. The van der Waals surface area contributed by atoms with E-state index in [9.17, 15) is 9.59 Å². The van der Waals surface area contributed by atoms with Gasteiger partial charge in [-0.2, -0.15) is 0 Å². The van der Waals surface area contributed by atoms with Gasteiger partial charge < -0.3 is 9.64 Å². The lowest BCUT2D eigenvalue weighted by Gasteiger charge is -2.06. The van der Waals surface area contributed by atoms with Gasteiger partial charge in [0.1, 0.15) is 0 Å². The van der Waals surface area contributed by atoms with Gasteiger partial charge in [0, 0.05) is 21.0 Å². The number of carbonyl (C=O) groups excluding carboxylic acids is 2. The third-order valence-corrected chi connectivity index (χ3v) is 0.596. The highest BCUT2D eigenvalue weighted by Gasteiger charge is 2.05. The highest BCUT2D eigenvalue weighted by Crippen LogP contribution is 1.84. The van der Waals surface area contributed by atoms with Crippen molar-refractivity contribution in [3.63, 3.8) is 0 Å². The van der Waals surface area contributed by atoms with E-state index in [4.69, 9.17) is 0 Å². The molecule has 9 heavy (non-hydrogen) atoms. The lowest BCUT2D eigenvalue weighted by atomic mass is 10.8. The minimum absolute atomic E-state index is 0.589. The van der Waals surface area contributed by atoms with Crippen LogP contribution in [-0.2, 0) is 9.53 Å². The quantitative estimate of drug-likeness (QED) is 0.349. The first-order valence-electron chi connectivity index (χ1n) is 2.43. The summed E-state index contributed by atoms with van der Waals surface area (Å²) in [5, 5.41) is 0. The van der Waals surface area contributed by atoms with Gasteiger partial charge >= 0.3 is 12.1 Å². The van der Waals surface area contributed by atoms with Gasteiger partial charge in [0.2, 0.25) is 0 Å². The first kappa shape index (κ1) is 7.94. The molecule has 0 heterocycles. The fourth-order valence-electron chi connectivity index (χ4n) is 0.214. The van der Waals surface area contributed by atoms with E-state index in [1.165, 1.54) is 25.9 Å². The molecule has 0 aliphatic rings. The molecule has 0 saturated carbocycles. The van der Waals surface area contributed by atoms with Crippen LogP contribution in [0.25, 0.3) is 0 Å². The van der Waals surface area contributed by atoms with Gasteiger partial charge in [-0.1, -0.05) is 0 Å². The Labute approximate surface area is 53.4 Å². The van der Waals surface area contributed by atoms with Crippen LogP contribution in [0.2, 0.25) is 0 Å². The van der Waals surface area contributed by atoms with Crippen LogP contribution in [0.1, 0.15) is 6.92 Å². The molecule has 0 aromatic rings. The Morgan fingerprint density at radius 2 is 1.78 bits per heavy atom. The van der Waals surface area contributed by atoms with Crippen molar-refractivity contribution < 1.29 is 14.3 Å². The van der Waals surface area contributed by atoms with Crippen molar-refractivity contribution >= 4 is 12.1 Å². The van der Waals surface area contributed by atoms with Gasteiger partial charge in [-0.3, -0.25) is 4.79 Å². The number of esters is 1. The van der Waals surface area contributed by atoms with Gasteiger partial charge in [0.25, 0.3) is 0 Å². The summed E-state index contributed by atoms with van der Waals surface area (Å²) in [6.45, 7) is 1.18. The molecule has 0 aromatic heterocycles. The third-order valence-electron chi connectivity index (χ3n) is 0.596. The summed E-state index contributed by atoms with van der Waals surface area (Å²) >= 11 is 0. The largest absolute Gasteiger partial charge is 0.416 e. The van der Waals surface area contributed by atoms with E-state index in [1.807, 2.05) is 0 Å². The molecular weight excluding hydrogens is 122 g/mol. The number of ether oxygens (including phenoxy) is 1. The first-order chi connectivity index (χ1) is 4.04. The maximum absolute atomic E-state index is 10.4. The van der Waals surface area contributed by atoms with Crippen molar-refractivity contribution in [3.05, 3.63) is 0 Å². The van der Waals surface area contributed by atoms with Gasteiger partial charge in [-0.05, 0) is 0 Å². The fraction of sp³-hybridized carbons (Fsp3) is 0.600. The highest BCUT2D eigenvalue weighted by molar-refractivity contribution is 5.82. The molecule has 0 spiro atoms. The molecule has 0 fully saturated rings. The normalized spacial score (nSPS) is 8.33. The Balaban J connectivity index is 3.64. The molecule has 0 radical (unpaired) electrons. The lowest BCUT2D eigenvalue weighted by molar-refractivity contribution is -0.135. The van der Waals surface area contributed by atoms with E-state index in [0.29, 0.717) is 0 Å². The second-order valence-corrected chi connectivity index (χ2v) is 1.75. The van der Waals surface area contributed by atoms with Crippen LogP contribution in [-0.4, -0.2) is 31.1 Å². The van der Waals surface area contributed by atoms with Crippen molar-refractivity contribution in [2.75, 3.05) is 14.1 Å². The van der Waals surface area contributed by atoms with Gasteiger partial charge in [-0.15, -0.1) is 0 Å². The topological polar surface area (TPSA) is 46.6 Å². The summed E-state index contributed by atoms with van der Waals surface area (Å²) in [6.07, 6.45) is -0.637. The molecule has 0 rings (SSSR count). The molecule has 0 atom stereocenters. The molecule has 4 nitrogen and oxygen atoms in total. The minimum Gasteiger partial charge on any atom is -0.376 e. The maximum atomic E-state index is 10.4. The molecule has 0 aromatic carbocycles. The zero-order valence-corrected chi connectivity index (χ0v) is 5.67. The molecule has 0 bridgehead atoms.